The van der Waals surface area contributed by atoms with Crippen LogP contribution in [0.4, 0.5) is 0 Å². The van der Waals surface area contributed by atoms with E-state index in [1.807, 2.05) is 12.1 Å². The summed E-state index contributed by atoms with van der Waals surface area (Å²) in [7, 11) is 0. The summed E-state index contributed by atoms with van der Waals surface area (Å²) in [6.45, 7) is 2.57. The highest BCUT2D eigenvalue weighted by molar-refractivity contribution is 5.87. The van der Waals surface area contributed by atoms with Crippen LogP contribution < -0.4 is 5.73 Å². The first-order chi connectivity index (χ1) is 8.16. The van der Waals surface area contributed by atoms with Crippen molar-refractivity contribution in [1.29, 1.82) is 0 Å². The normalized spacial score (nSPS) is 18.2. The second-order valence-electron chi connectivity index (χ2n) is 5.28. The van der Waals surface area contributed by atoms with Gasteiger partial charge in [0.25, 0.3) is 0 Å². The number of benzene rings is 1. The molecular formula is C15H21NO. The van der Waals surface area contributed by atoms with Crippen LogP contribution in [-0.4, -0.2) is 12.3 Å². The van der Waals surface area contributed by atoms with Crippen molar-refractivity contribution in [3.05, 3.63) is 35.4 Å². The molecule has 0 saturated heterocycles. The molecule has 1 aliphatic rings. The minimum absolute atomic E-state index is 0.219. The predicted molar refractivity (Wildman–Crippen MR) is 69.8 cm³/mol. The van der Waals surface area contributed by atoms with Crippen LogP contribution in [0.25, 0.3) is 0 Å². The second-order valence-corrected chi connectivity index (χ2v) is 5.28. The Morgan fingerprint density at radius 1 is 1.35 bits per heavy atom. The molecule has 0 aliphatic heterocycles. The van der Waals surface area contributed by atoms with Crippen molar-refractivity contribution in [2.75, 3.05) is 6.54 Å². The van der Waals surface area contributed by atoms with Gasteiger partial charge in [-0.05, 0) is 25.3 Å². The molecule has 0 aromatic heterocycles. The quantitative estimate of drug-likeness (QED) is 0.865. The molecule has 0 spiro atoms. The van der Waals surface area contributed by atoms with Gasteiger partial charge in [-0.2, -0.15) is 0 Å². The van der Waals surface area contributed by atoms with Crippen molar-refractivity contribution in [1.82, 2.24) is 0 Å². The minimum Gasteiger partial charge on any atom is -0.329 e. The lowest BCUT2D eigenvalue weighted by atomic mass is 9.79. The molecule has 0 unspecified atom stereocenters. The number of Topliss-reactive ketones (excluding diaryl/α,β-unsaturated/α-hetero) is 1. The van der Waals surface area contributed by atoms with E-state index >= 15 is 0 Å². The van der Waals surface area contributed by atoms with Gasteiger partial charge in [0, 0.05) is 18.4 Å². The zero-order chi connectivity index (χ0) is 12.3. The van der Waals surface area contributed by atoms with Gasteiger partial charge in [-0.3, -0.25) is 4.79 Å². The zero-order valence-electron chi connectivity index (χ0n) is 10.5. The third-order valence-corrected chi connectivity index (χ3v) is 3.99. The first-order valence-electron chi connectivity index (χ1n) is 6.45. The Balaban J connectivity index is 2.10. The monoisotopic (exact) mass is 231 g/mol. The van der Waals surface area contributed by atoms with Crippen LogP contribution in [0, 0.1) is 12.3 Å². The summed E-state index contributed by atoms with van der Waals surface area (Å²) in [5.74, 6) is 0.336. The van der Waals surface area contributed by atoms with Gasteiger partial charge in [0.2, 0.25) is 0 Å². The molecule has 1 aromatic rings. The standard InChI is InChI=1S/C15H21NO/c1-12-5-4-6-13(9-12)10-14(17)15(11-16)7-2-3-8-15/h4-6,9H,2-3,7-8,10-11,16H2,1H3. The van der Waals surface area contributed by atoms with Crippen LogP contribution in [0.2, 0.25) is 0 Å². The summed E-state index contributed by atoms with van der Waals surface area (Å²) < 4.78 is 0. The lowest BCUT2D eigenvalue weighted by Gasteiger charge is -2.25. The fourth-order valence-electron chi connectivity index (χ4n) is 2.84. The molecule has 1 aromatic carbocycles. The molecule has 0 radical (unpaired) electrons. The fourth-order valence-corrected chi connectivity index (χ4v) is 2.84. The van der Waals surface area contributed by atoms with Gasteiger partial charge in [0.05, 0.1) is 0 Å². The molecular weight excluding hydrogens is 210 g/mol. The van der Waals surface area contributed by atoms with E-state index in [1.165, 1.54) is 5.56 Å². The van der Waals surface area contributed by atoms with Gasteiger partial charge in [-0.15, -0.1) is 0 Å². The van der Waals surface area contributed by atoms with Crippen LogP contribution in [0.3, 0.4) is 0 Å². The van der Waals surface area contributed by atoms with E-state index in [-0.39, 0.29) is 5.41 Å². The van der Waals surface area contributed by atoms with E-state index in [2.05, 4.69) is 19.1 Å². The molecule has 17 heavy (non-hydrogen) atoms. The molecule has 1 fully saturated rings. The lowest BCUT2D eigenvalue weighted by molar-refractivity contribution is -0.127. The molecule has 2 N–H and O–H groups in total. The Morgan fingerprint density at radius 3 is 2.65 bits per heavy atom. The molecule has 2 heteroatoms. The zero-order valence-corrected chi connectivity index (χ0v) is 10.5. The van der Waals surface area contributed by atoms with Crippen LogP contribution >= 0.6 is 0 Å². The van der Waals surface area contributed by atoms with E-state index in [9.17, 15) is 4.79 Å². The summed E-state index contributed by atoms with van der Waals surface area (Å²) in [6.07, 6.45) is 4.80. The second kappa shape index (κ2) is 5.01. The van der Waals surface area contributed by atoms with E-state index in [1.54, 1.807) is 0 Å². The van der Waals surface area contributed by atoms with Crippen molar-refractivity contribution in [3.8, 4) is 0 Å². The highest BCUT2D eigenvalue weighted by atomic mass is 16.1. The third kappa shape index (κ3) is 2.58. The molecule has 0 atom stereocenters. The van der Waals surface area contributed by atoms with Crippen LogP contribution in [0.1, 0.15) is 36.8 Å². The van der Waals surface area contributed by atoms with Crippen LogP contribution in [0.15, 0.2) is 24.3 Å². The van der Waals surface area contributed by atoms with Gasteiger partial charge < -0.3 is 5.73 Å². The highest BCUT2D eigenvalue weighted by Gasteiger charge is 2.38. The first-order valence-corrected chi connectivity index (χ1v) is 6.45. The number of aryl methyl sites for hydroxylation is 1. The molecule has 0 bridgehead atoms. The van der Waals surface area contributed by atoms with Crippen LogP contribution in [0.5, 0.6) is 0 Å². The van der Waals surface area contributed by atoms with Crippen molar-refractivity contribution < 1.29 is 4.79 Å². The Labute approximate surface area is 103 Å². The number of ketones is 1. The molecule has 1 aliphatic carbocycles. The van der Waals surface area contributed by atoms with Gasteiger partial charge in [-0.1, -0.05) is 42.7 Å². The Hall–Kier alpha value is -1.15. The molecule has 1 saturated carbocycles. The van der Waals surface area contributed by atoms with Crippen molar-refractivity contribution in [3.63, 3.8) is 0 Å². The third-order valence-electron chi connectivity index (χ3n) is 3.99. The molecule has 2 nitrogen and oxygen atoms in total. The van der Waals surface area contributed by atoms with Crippen molar-refractivity contribution >= 4 is 5.78 Å². The maximum Gasteiger partial charge on any atom is 0.144 e. The van der Waals surface area contributed by atoms with Crippen molar-refractivity contribution in [2.45, 2.75) is 39.0 Å². The number of hydrogen-bond donors (Lipinski definition) is 1. The van der Waals surface area contributed by atoms with E-state index in [0.29, 0.717) is 18.7 Å². The number of carbonyl (C=O) groups excluding carboxylic acids is 1. The van der Waals surface area contributed by atoms with Gasteiger partial charge in [0.15, 0.2) is 0 Å². The lowest BCUT2D eigenvalue weighted by Crippen LogP contribution is -2.37. The predicted octanol–water partition coefficient (Wildman–Crippen LogP) is 2.63. The Morgan fingerprint density at radius 2 is 2.06 bits per heavy atom. The van der Waals surface area contributed by atoms with Crippen LogP contribution in [-0.2, 0) is 11.2 Å². The average Bonchev–Trinajstić information content (AvgIpc) is 2.78. The van der Waals surface area contributed by atoms with E-state index in [0.717, 1.165) is 31.2 Å². The Kier molecular flexibility index (Phi) is 3.63. The maximum atomic E-state index is 12.4. The fraction of sp³-hybridized carbons (Fsp3) is 0.533. The highest BCUT2D eigenvalue weighted by Crippen LogP contribution is 2.38. The molecule has 92 valence electrons. The smallest absolute Gasteiger partial charge is 0.144 e. The topological polar surface area (TPSA) is 43.1 Å². The minimum atomic E-state index is -0.219. The summed E-state index contributed by atoms with van der Waals surface area (Å²) in [5.41, 5.74) is 7.95. The molecule has 0 amide bonds. The summed E-state index contributed by atoms with van der Waals surface area (Å²) >= 11 is 0. The van der Waals surface area contributed by atoms with Gasteiger partial charge in [-0.25, -0.2) is 0 Å². The first kappa shape index (κ1) is 12.3. The molecule has 2 rings (SSSR count). The van der Waals surface area contributed by atoms with E-state index in [4.69, 9.17) is 5.73 Å². The maximum absolute atomic E-state index is 12.4. The van der Waals surface area contributed by atoms with Gasteiger partial charge >= 0.3 is 0 Å². The Bertz CT molecular complexity index is 405. The average molecular weight is 231 g/mol. The molecule has 0 heterocycles. The number of carbonyl (C=O) groups is 1. The van der Waals surface area contributed by atoms with Crippen molar-refractivity contribution in [2.24, 2.45) is 11.1 Å². The number of hydrogen-bond acceptors (Lipinski definition) is 2. The largest absolute Gasteiger partial charge is 0.329 e. The SMILES string of the molecule is Cc1cccc(CC(=O)C2(CN)CCCC2)c1. The summed E-state index contributed by atoms with van der Waals surface area (Å²) in [6, 6.07) is 8.20. The summed E-state index contributed by atoms with van der Waals surface area (Å²) in [4.78, 5) is 12.4. The number of rotatable bonds is 4. The van der Waals surface area contributed by atoms with Gasteiger partial charge in [0.1, 0.15) is 5.78 Å². The number of nitrogens with two attached hydrogens (primary N) is 1. The summed E-state index contributed by atoms with van der Waals surface area (Å²) in [5, 5.41) is 0. The van der Waals surface area contributed by atoms with E-state index < -0.39 is 0 Å².